The molecule has 194 valence electrons. The number of Topliss-reactive ketones (excluding diaryl/α,β-unsaturated/α-hetero) is 1. The summed E-state index contributed by atoms with van der Waals surface area (Å²) in [7, 11) is 4.12. The average molecular weight is 499 g/mol. The van der Waals surface area contributed by atoms with E-state index in [1.54, 1.807) is 0 Å². The summed E-state index contributed by atoms with van der Waals surface area (Å²) in [6.07, 6.45) is 7.46. The van der Waals surface area contributed by atoms with Gasteiger partial charge in [0.1, 0.15) is 5.82 Å². The lowest BCUT2D eigenvalue weighted by atomic mass is 9.74. The van der Waals surface area contributed by atoms with Crippen LogP contribution in [0.25, 0.3) is 10.9 Å². The number of carbonyl (C=O) groups excluding carboxylic acids is 2. The third kappa shape index (κ3) is 5.79. The van der Waals surface area contributed by atoms with Crippen molar-refractivity contribution in [2.75, 3.05) is 24.3 Å². The minimum absolute atomic E-state index is 0.0669. The van der Waals surface area contributed by atoms with E-state index in [1.807, 2.05) is 42.5 Å². The number of pyridine rings is 1. The molecule has 6 nitrogen and oxygen atoms in total. The number of ketones is 1. The first-order chi connectivity index (χ1) is 18.0. The van der Waals surface area contributed by atoms with E-state index in [1.165, 1.54) is 0 Å². The van der Waals surface area contributed by atoms with E-state index in [9.17, 15) is 9.59 Å². The van der Waals surface area contributed by atoms with Gasteiger partial charge in [0.05, 0.1) is 5.52 Å². The topological polar surface area (TPSA) is 74.3 Å². The fraction of sp³-hybridized carbons (Fsp3) is 0.452. The molecule has 0 spiro atoms. The molecule has 6 heteroatoms. The van der Waals surface area contributed by atoms with Gasteiger partial charge in [-0.3, -0.25) is 9.59 Å². The van der Waals surface area contributed by atoms with Crippen LogP contribution in [0.5, 0.6) is 0 Å². The molecule has 1 amide bonds. The van der Waals surface area contributed by atoms with Crippen molar-refractivity contribution in [1.82, 2.24) is 10.3 Å². The zero-order valence-corrected chi connectivity index (χ0v) is 22.0. The molecule has 0 radical (unpaired) electrons. The third-order valence-corrected chi connectivity index (χ3v) is 8.10. The van der Waals surface area contributed by atoms with Gasteiger partial charge in [-0.15, -0.1) is 0 Å². The van der Waals surface area contributed by atoms with Gasteiger partial charge in [-0.2, -0.15) is 0 Å². The number of hydrogen-bond acceptors (Lipinski definition) is 5. The van der Waals surface area contributed by atoms with Gasteiger partial charge in [-0.25, -0.2) is 4.98 Å². The molecule has 0 aliphatic heterocycles. The Bertz CT molecular complexity index is 1230. The van der Waals surface area contributed by atoms with Crippen molar-refractivity contribution in [1.29, 1.82) is 0 Å². The second-order valence-corrected chi connectivity index (χ2v) is 10.9. The Balaban J connectivity index is 1.18. The number of carbonyl (C=O) groups is 2. The molecule has 2 fully saturated rings. The van der Waals surface area contributed by atoms with Crippen LogP contribution in [0, 0.1) is 11.8 Å². The first-order valence-corrected chi connectivity index (χ1v) is 13.7. The molecule has 2 aromatic carbocycles. The van der Waals surface area contributed by atoms with Crippen molar-refractivity contribution >= 4 is 34.1 Å². The maximum absolute atomic E-state index is 13.3. The van der Waals surface area contributed by atoms with Crippen molar-refractivity contribution in [3.8, 4) is 0 Å². The van der Waals surface area contributed by atoms with Crippen LogP contribution >= 0.6 is 0 Å². The number of nitrogens with zero attached hydrogens (tertiary/aromatic N) is 2. The van der Waals surface area contributed by atoms with Gasteiger partial charge in [-0.05, 0) is 44.6 Å². The predicted molar refractivity (Wildman–Crippen MR) is 150 cm³/mol. The Hall–Kier alpha value is -3.41. The molecule has 5 rings (SSSR count). The fourth-order valence-corrected chi connectivity index (χ4v) is 6.08. The average Bonchev–Trinajstić information content (AvgIpc) is 2.93. The van der Waals surface area contributed by atoms with Gasteiger partial charge >= 0.3 is 0 Å². The molecule has 2 N–H and O–H groups in total. The second-order valence-electron chi connectivity index (χ2n) is 10.9. The Kier molecular flexibility index (Phi) is 7.73. The van der Waals surface area contributed by atoms with Crippen molar-refractivity contribution in [2.45, 2.75) is 63.5 Å². The van der Waals surface area contributed by atoms with Crippen molar-refractivity contribution in [2.24, 2.45) is 11.8 Å². The molecular formula is C31H38N4O2. The minimum Gasteiger partial charge on any atom is -0.377 e. The molecular weight excluding hydrogens is 460 g/mol. The highest BCUT2D eigenvalue weighted by molar-refractivity contribution is 6.00. The second kappa shape index (κ2) is 11.3. The van der Waals surface area contributed by atoms with Crippen LogP contribution in [0.1, 0.15) is 61.7 Å². The predicted octanol–water partition coefficient (Wildman–Crippen LogP) is 5.83. The Morgan fingerprint density at radius 1 is 0.811 bits per heavy atom. The van der Waals surface area contributed by atoms with Crippen LogP contribution in [0.3, 0.4) is 0 Å². The number of aromatic nitrogens is 1. The van der Waals surface area contributed by atoms with E-state index in [2.05, 4.69) is 47.8 Å². The quantitative estimate of drug-likeness (QED) is 0.401. The number of anilines is 2. The molecule has 0 bridgehead atoms. The van der Waals surface area contributed by atoms with Gasteiger partial charge in [0.15, 0.2) is 5.78 Å². The van der Waals surface area contributed by atoms with Crippen molar-refractivity contribution < 1.29 is 9.59 Å². The monoisotopic (exact) mass is 498 g/mol. The first-order valence-electron chi connectivity index (χ1n) is 13.7. The molecule has 2 atom stereocenters. The highest BCUT2D eigenvalue weighted by Crippen LogP contribution is 2.34. The maximum Gasteiger partial charge on any atom is 0.224 e. The third-order valence-electron chi connectivity index (χ3n) is 8.10. The van der Waals surface area contributed by atoms with E-state index in [-0.39, 0.29) is 29.6 Å². The number of benzene rings is 2. The summed E-state index contributed by atoms with van der Waals surface area (Å²) in [6.45, 7) is 0. The number of hydrogen-bond donors (Lipinski definition) is 2. The lowest BCUT2D eigenvalue weighted by molar-refractivity contribution is -0.128. The summed E-state index contributed by atoms with van der Waals surface area (Å²) in [5.74, 6) is 0.660. The van der Waals surface area contributed by atoms with Crippen LogP contribution in [-0.2, 0) is 4.79 Å². The largest absolute Gasteiger partial charge is 0.377 e. The Morgan fingerprint density at radius 3 is 2.19 bits per heavy atom. The van der Waals surface area contributed by atoms with Gasteiger partial charge in [0, 0.05) is 60.7 Å². The van der Waals surface area contributed by atoms with E-state index in [0.717, 1.165) is 79.3 Å². The molecule has 2 aliphatic rings. The van der Waals surface area contributed by atoms with Crippen LogP contribution in [0.2, 0.25) is 0 Å². The maximum atomic E-state index is 13.3. The molecule has 2 saturated carbocycles. The SMILES string of the molecule is CN(C)c1cc(N[C@H]2CC[C@@H](NC(=O)C3CCCC[C@H]3C(=O)c3ccccc3)CC2)nc2ccccc12. The number of para-hydroxylation sites is 1. The molecule has 3 aromatic rings. The Labute approximate surface area is 219 Å². The van der Waals surface area contributed by atoms with Crippen molar-refractivity contribution in [3.63, 3.8) is 0 Å². The van der Waals surface area contributed by atoms with Crippen LogP contribution in [-0.4, -0.2) is 42.9 Å². The molecule has 2 aliphatic carbocycles. The smallest absolute Gasteiger partial charge is 0.224 e. The zero-order valence-electron chi connectivity index (χ0n) is 22.0. The van der Waals surface area contributed by atoms with E-state index < -0.39 is 0 Å². The lowest BCUT2D eigenvalue weighted by Gasteiger charge is -2.34. The van der Waals surface area contributed by atoms with Crippen LogP contribution in [0.4, 0.5) is 11.5 Å². The highest BCUT2D eigenvalue weighted by Gasteiger charge is 2.37. The van der Waals surface area contributed by atoms with Crippen LogP contribution in [0.15, 0.2) is 60.7 Å². The summed E-state index contributed by atoms with van der Waals surface area (Å²) < 4.78 is 0. The highest BCUT2D eigenvalue weighted by atomic mass is 16.2. The molecule has 1 heterocycles. The molecule has 37 heavy (non-hydrogen) atoms. The fourth-order valence-electron chi connectivity index (χ4n) is 6.08. The summed E-state index contributed by atoms with van der Waals surface area (Å²) in [4.78, 5) is 33.5. The summed E-state index contributed by atoms with van der Waals surface area (Å²) in [5, 5.41) is 8.12. The molecule has 1 aromatic heterocycles. The van der Waals surface area contributed by atoms with Crippen LogP contribution < -0.4 is 15.5 Å². The van der Waals surface area contributed by atoms with Gasteiger partial charge in [0.2, 0.25) is 5.91 Å². The number of nitrogens with one attached hydrogen (secondary N) is 2. The summed E-state index contributed by atoms with van der Waals surface area (Å²) in [5.41, 5.74) is 2.86. The van der Waals surface area contributed by atoms with E-state index in [0.29, 0.717) is 6.04 Å². The van der Waals surface area contributed by atoms with Gasteiger partial charge in [-0.1, -0.05) is 61.4 Å². The van der Waals surface area contributed by atoms with E-state index >= 15 is 0 Å². The van der Waals surface area contributed by atoms with Gasteiger partial charge < -0.3 is 15.5 Å². The molecule has 1 unspecified atom stereocenters. The zero-order chi connectivity index (χ0) is 25.8. The standard InChI is InChI=1S/C31H38N4O2/c1-35(2)28-20-29(34-27-15-9-8-14-26(27)28)32-22-16-18-23(19-17-22)33-31(37)25-13-7-6-12-24(25)30(36)21-10-4-3-5-11-21/h3-5,8-11,14-15,20,22-25H,6-7,12-13,16-19H2,1-2H3,(H,32,34)(H,33,37)/t22-,23+,24-,25?/m1/s1. The number of amides is 1. The van der Waals surface area contributed by atoms with Gasteiger partial charge in [0.25, 0.3) is 0 Å². The van der Waals surface area contributed by atoms with Crippen molar-refractivity contribution in [3.05, 3.63) is 66.2 Å². The number of rotatable bonds is 7. The number of fused-ring (bicyclic) bond motifs is 1. The normalized spacial score (nSPS) is 23.8. The van der Waals surface area contributed by atoms with E-state index in [4.69, 9.17) is 4.98 Å². The molecule has 0 saturated heterocycles. The summed E-state index contributed by atoms with van der Waals surface area (Å²) in [6, 6.07) is 20.3. The summed E-state index contributed by atoms with van der Waals surface area (Å²) >= 11 is 0. The lowest BCUT2D eigenvalue weighted by Crippen LogP contribution is -2.46. The minimum atomic E-state index is -0.219. The Morgan fingerprint density at radius 2 is 1.46 bits per heavy atom. The first kappa shape index (κ1) is 25.2.